The number of nitrogens with zero attached hydrogens (tertiary/aromatic N) is 1. The Balaban J connectivity index is 1.75. The number of carbonyl (C=O) groups excluding carboxylic acids is 3. The van der Waals surface area contributed by atoms with Gasteiger partial charge >= 0.3 is 6.03 Å². The van der Waals surface area contributed by atoms with Crippen LogP contribution in [0.1, 0.15) is 32.6 Å². The SMILES string of the molecule is CCCC1(C(=O)N2CCC3(C2)NC(=O)NC3=O)CCNC1. The normalized spacial score (nSPS) is 35.4. The molecule has 4 amide bonds. The van der Waals surface area contributed by atoms with Crippen LogP contribution in [0.4, 0.5) is 4.79 Å². The monoisotopic (exact) mass is 294 g/mol. The van der Waals surface area contributed by atoms with Gasteiger partial charge in [-0.2, -0.15) is 0 Å². The minimum absolute atomic E-state index is 0.125. The summed E-state index contributed by atoms with van der Waals surface area (Å²) in [4.78, 5) is 38.0. The number of nitrogens with one attached hydrogen (secondary N) is 3. The molecule has 0 bridgehead atoms. The van der Waals surface area contributed by atoms with Crippen molar-refractivity contribution in [3.63, 3.8) is 0 Å². The molecule has 3 N–H and O–H groups in total. The van der Waals surface area contributed by atoms with Gasteiger partial charge in [-0.3, -0.25) is 14.9 Å². The maximum absolute atomic E-state index is 12.9. The fourth-order valence-corrected chi connectivity index (χ4v) is 3.86. The molecule has 21 heavy (non-hydrogen) atoms. The second-order valence-electron chi connectivity index (χ2n) is 6.42. The summed E-state index contributed by atoms with van der Waals surface area (Å²) in [6.45, 7) is 4.47. The highest BCUT2D eigenvalue weighted by Gasteiger charge is 2.54. The van der Waals surface area contributed by atoms with Crippen LogP contribution in [0, 0.1) is 5.41 Å². The molecule has 3 saturated heterocycles. The van der Waals surface area contributed by atoms with Crippen LogP contribution >= 0.6 is 0 Å². The maximum atomic E-state index is 12.9. The molecular formula is C14H22N4O3. The highest BCUT2D eigenvalue weighted by Crippen LogP contribution is 2.36. The Hall–Kier alpha value is -1.63. The number of carbonyl (C=O) groups is 3. The maximum Gasteiger partial charge on any atom is 0.322 e. The highest BCUT2D eigenvalue weighted by atomic mass is 16.2. The van der Waals surface area contributed by atoms with Crippen LogP contribution in [0.3, 0.4) is 0 Å². The predicted octanol–water partition coefficient (Wildman–Crippen LogP) is -0.423. The Labute approximate surface area is 123 Å². The molecule has 3 rings (SSSR count). The summed E-state index contributed by atoms with van der Waals surface area (Å²) in [6, 6.07) is -0.458. The summed E-state index contributed by atoms with van der Waals surface area (Å²) in [5, 5.41) is 8.25. The van der Waals surface area contributed by atoms with Crippen LogP contribution in [0.2, 0.25) is 0 Å². The molecule has 2 atom stereocenters. The summed E-state index contributed by atoms with van der Waals surface area (Å²) >= 11 is 0. The zero-order valence-corrected chi connectivity index (χ0v) is 12.3. The molecule has 1 spiro atoms. The third-order valence-electron chi connectivity index (χ3n) is 5.00. The van der Waals surface area contributed by atoms with Crippen molar-refractivity contribution in [3.8, 4) is 0 Å². The molecular weight excluding hydrogens is 272 g/mol. The van der Waals surface area contributed by atoms with Crippen molar-refractivity contribution >= 4 is 17.8 Å². The fraction of sp³-hybridized carbons (Fsp3) is 0.786. The van der Waals surface area contributed by atoms with Gasteiger partial charge in [0.05, 0.1) is 12.0 Å². The Bertz CT molecular complexity index is 487. The van der Waals surface area contributed by atoms with Crippen LogP contribution in [0.15, 0.2) is 0 Å². The smallest absolute Gasteiger partial charge is 0.322 e. The van der Waals surface area contributed by atoms with Crippen LogP contribution in [0.5, 0.6) is 0 Å². The number of amides is 4. The van der Waals surface area contributed by atoms with Gasteiger partial charge in [-0.25, -0.2) is 4.79 Å². The molecule has 0 aromatic rings. The molecule has 0 aromatic heterocycles. The first kappa shape index (κ1) is 14.3. The third kappa shape index (κ3) is 2.19. The van der Waals surface area contributed by atoms with Gasteiger partial charge in [0.1, 0.15) is 5.54 Å². The molecule has 2 unspecified atom stereocenters. The highest BCUT2D eigenvalue weighted by molar-refractivity contribution is 6.07. The quantitative estimate of drug-likeness (QED) is 0.617. The first-order valence-corrected chi connectivity index (χ1v) is 7.65. The van der Waals surface area contributed by atoms with Gasteiger partial charge in [-0.15, -0.1) is 0 Å². The molecule has 0 saturated carbocycles. The van der Waals surface area contributed by atoms with Gasteiger partial charge < -0.3 is 15.5 Å². The van der Waals surface area contributed by atoms with Crippen molar-refractivity contribution in [2.24, 2.45) is 5.41 Å². The number of imide groups is 1. The second-order valence-corrected chi connectivity index (χ2v) is 6.42. The first-order chi connectivity index (χ1) is 10.0. The van der Waals surface area contributed by atoms with Crippen molar-refractivity contribution in [1.29, 1.82) is 0 Å². The van der Waals surface area contributed by atoms with Gasteiger partial charge in [0.25, 0.3) is 5.91 Å². The zero-order valence-electron chi connectivity index (χ0n) is 12.3. The Morgan fingerprint density at radius 3 is 2.71 bits per heavy atom. The van der Waals surface area contributed by atoms with E-state index < -0.39 is 11.6 Å². The third-order valence-corrected chi connectivity index (χ3v) is 5.00. The minimum Gasteiger partial charge on any atom is -0.339 e. The van der Waals surface area contributed by atoms with E-state index in [0.717, 1.165) is 25.8 Å². The molecule has 7 nitrogen and oxygen atoms in total. The Kier molecular flexibility index (Phi) is 3.39. The van der Waals surface area contributed by atoms with E-state index in [-0.39, 0.29) is 23.8 Å². The van der Waals surface area contributed by atoms with E-state index in [4.69, 9.17) is 0 Å². The molecule has 0 radical (unpaired) electrons. The van der Waals surface area contributed by atoms with Gasteiger partial charge in [-0.1, -0.05) is 13.3 Å². The topological polar surface area (TPSA) is 90.5 Å². The summed E-state index contributed by atoms with van der Waals surface area (Å²) < 4.78 is 0. The number of rotatable bonds is 3. The van der Waals surface area contributed by atoms with Crippen molar-refractivity contribution in [2.75, 3.05) is 26.2 Å². The average Bonchev–Trinajstić information content (AvgIpc) is 3.12. The molecule has 3 heterocycles. The number of urea groups is 1. The molecule has 0 aromatic carbocycles. The number of hydrogen-bond acceptors (Lipinski definition) is 4. The van der Waals surface area contributed by atoms with Crippen LogP contribution in [-0.4, -0.2) is 54.5 Å². The largest absolute Gasteiger partial charge is 0.339 e. The van der Waals surface area contributed by atoms with Crippen molar-refractivity contribution in [1.82, 2.24) is 20.9 Å². The van der Waals surface area contributed by atoms with E-state index in [1.54, 1.807) is 4.90 Å². The van der Waals surface area contributed by atoms with Crippen molar-refractivity contribution in [2.45, 2.75) is 38.1 Å². The average molecular weight is 294 g/mol. The lowest BCUT2D eigenvalue weighted by Gasteiger charge is -2.32. The molecule has 116 valence electrons. The standard InChI is InChI=1S/C14H22N4O3/c1-2-3-13(4-6-15-8-13)11(20)18-7-5-14(9-18)10(19)16-12(21)17-14/h15H,2-9H2,1H3,(H2,16,17,19,21). The van der Waals surface area contributed by atoms with E-state index in [1.807, 2.05) is 0 Å². The van der Waals surface area contributed by atoms with Crippen LogP contribution < -0.4 is 16.0 Å². The van der Waals surface area contributed by atoms with E-state index in [9.17, 15) is 14.4 Å². The lowest BCUT2D eigenvalue weighted by atomic mass is 9.81. The lowest BCUT2D eigenvalue weighted by Crippen LogP contribution is -2.51. The van der Waals surface area contributed by atoms with Crippen LogP contribution in [0.25, 0.3) is 0 Å². The van der Waals surface area contributed by atoms with Gasteiger partial charge in [-0.05, 0) is 25.8 Å². The lowest BCUT2D eigenvalue weighted by molar-refractivity contribution is -0.140. The van der Waals surface area contributed by atoms with Crippen LogP contribution in [-0.2, 0) is 9.59 Å². The Morgan fingerprint density at radius 1 is 1.33 bits per heavy atom. The van der Waals surface area contributed by atoms with Crippen molar-refractivity contribution in [3.05, 3.63) is 0 Å². The summed E-state index contributed by atoms with van der Waals surface area (Å²) in [7, 11) is 0. The van der Waals surface area contributed by atoms with E-state index in [2.05, 4.69) is 22.9 Å². The summed E-state index contributed by atoms with van der Waals surface area (Å²) in [6.07, 6.45) is 3.16. The molecule has 7 heteroatoms. The van der Waals surface area contributed by atoms with E-state index in [0.29, 0.717) is 19.5 Å². The first-order valence-electron chi connectivity index (χ1n) is 7.65. The number of likely N-dealkylation sites (tertiary alicyclic amines) is 1. The van der Waals surface area contributed by atoms with Crippen molar-refractivity contribution < 1.29 is 14.4 Å². The molecule has 3 aliphatic heterocycles. The van der Waals surface area contributed by atoms with E-state index >= 15 is 0 Å². The second kappa shape index (κ2) is 4.98. The van der Waals surface area contributed by atoms with Gasteiger partial charge in [0.2, 0.25) is 5.91 Å². The zero-order chi connectivity index (χ0) is 15.1. The summed E-state index contributed by atoms with van der Waals surface area (Å²) in [5.74, 6) is -0.183. The minimum atomic E-state index is -0.911. The van der Waals surface area contributed by atoms with Gasteiger partial charge in [0.15, 0.2) is 0 Å². The Morgan fingerprint density at radius 2 is 2.14 bits per heavy atom. The van der Waals surface area contributed by atoms with E-state index in [1.165, 1.54) is 0 Å². The summed E-state index contributed by atoms with van der Waals surface area (Å²) in [5.41, 5.74) is -1.24. The molecule has 3 aliphatic rings. The predicted molar refractivity (Wildman–Crippen MR) is 75.4 cm³/mol. The molecule has 0 aliphatic carbocycles. The fourth-order valence-electron chi connectivity index (χ4n) is 3.86. The number of hydrogen-bond donors (Lipinski definition) is 3. The van der Waals surface area contributed by atoms with Gasteiger partial charge in [0, 0.05) is 13.1 Å². The molecule has 3 fully saturated rings.